The lowest BCUT2D eigenvalue weighted by Gasteiger charge is -2.27. The Hall–Kier alpha value is -2.25. The number of rotatable bonds is 4. The van der Waals surface area contributed by atoms with E-state index >= 15 is 0 Å². The molecule has 0 radical (unpaired) electrons. The second-order valence-electron chi connectivity index (χ2n) is 6.56. The molecule has 2 aromatic heterocycles. The van der Waals surface area contributed by atoms with Crippen molar-refractivity contribution in [1.29, 1.82) is 0 Å². The lowest BCUT2D eigenvalue weighted by molar-refractivity contribution is -0.132. The lowest BCUT2D eigenvalue weighted by Crippen LogP contribution is -2.35. The van der Waals surface area contributed by atoms with Crippen molar-refractivity contribution >= 4 is 29.5 Å². The lowest BCUT2D eigenvalue weighted by atomic mass is 10.1. The Balaban J connectivity index is 1.48. The Morgan fingerprint density at radius 3 is 3.12 bits per heavy atom. The van der Waals surface area contributed by atoms with Crippen LogP contribution in [0.5, 0.6) is 0 Å². The molecule has 3 heterocycles. The van der Waals surface area contributed by atoms with Crippen LogP contribution in [-0.4, -0.2) is 32.1 Å². The molecule has 5 nitrogen and oxygen atoms in total. The first-order valence-electron chi connectivity index (χ1n) is 8.67. The van der Waals surface area contributed by atoms with Crippen LogP contribution >= 0.6 is 23.6 Å². The number of thiophene rings is 1. The van der Waals surface area contributed by atoms with Gasteiger partial charge in [-0.05, 0) is 48.6 Å². The molecule has 134 valence electrons. The highest BCUT2D eigenvalue weighted by atomic mass is 32.1. The standard InChI is InChI=1S/C19H20N4OS2/c1-13-3-2-4-14(11-13)18-20-21-19(25)23(18)9-6-17(24)22-8-5-16-15(12-22)7-10-26-16/h2-4,7,10-11H,5-6,8-9,12H2,1H3,(H,21,25). The van der Waals surface area contributed by atoms with Crippen LogP contribution in [0, 0.1) is 11.7 Å². The Kier molecular flexibility index (Phi) is 4.74. The predicted molar refractivity (Wildman–Crippen MR) is 106 cm³/mol. The van der Waals surface area contributed by atoms with E-state index in [0.717, 1.165) is 30.9 Å². The van der Waals surface area contributed by atoms with Crippen molar-refractivity contribution in [1.82, 2.24) is 19.7 Å². The van der Waals surface area contributed by atoms with Gasteiger partial charge < -0.3 is 4.90 Å². The number of carbonyl (C=O) groups excluding carboxylic acids is 1. The van der Waals surface area contributed by atoms with E-state index in [-0.39, 0.29) is 5.91 Å². The quantitative estimate of drug-likeness (QED) is 0.693. The minimum atomic E-state index is 0.167. The van der Waals surface area contributed by atoms with Gasteiger partial charge in [-0.15, -0.1) is 11.3 Å². The van der Waals surface area contributed by atoms with Crippen LogP contribution in [0.3, 0.4) is 0 Å². The Morgan fingerprint density at radius 1 is 1.38 bits per heavy atom. The molecule has 3 aromatic rings. The third-order valence-electron chi connectivity index (χ3n) is 4.74. The summed E-state index contributed by atoms with van der Waals surface area (Å²) >= 11 is 7.16. The van der Waals surface area contributed by atoms with Gasteiger partial charge in [-0.25, -0.2) is 0 Å². The van der Waals surface area contributed by atoms with Crippen LogP contribution in [0.2, 0.25) is 0 Å². The molecular weight excluding hydrogens is 364 g/mol. The van der Waals surface area contributed by atoms with E-state index in [2.05, 4.69) is 27.7 Å². The Morgan fingerprint density at radius 2 is 2.27 bits per heavy atom. The van der Waals surface area contributed by atoms with E-state index < -0.39 is 0 Å². The number of hydrogen-bond acceptors (Lipinski definition) is 4. The summed E-state index contributed by atoms with van der Waals surface area (Å²) in [6, 6.07) is 10.3. The van der Waals surface area contributed by atoms with Crippen molar-refractivity contribution in [3.05, 3.63) is 56.5 Å². The molecular formula is C19H20N4OS2. The molecule has 4 rings (SSSR count). The van der Waals surface area contributed by atoms with Gasteiger partial charge in [0.15, 0.2) is 10.6 Å². The summed E-state index contributed by atoms with van der Waals surface area (Å²) in [6.45, 7) is 4.10. The highest BCUT2D eigenvalue weighted by Crippen LogP contribution is 2.25. The smallest absolute Gasteiger partial charge is 0.224 e. The molecule has 0 atom stereocenters. The number of aromatic amines is 1. The van der Waals surface area contributed by atoms with Crippen molar-refractivity contribution in [2.24, 2.45) is 0 Å². The molecule has 0 unspecified atom stereocenters. The second-order valence-corrected chi connectivity index (χ2v) is 7.95. The molecule has 7 heteroatoms. The van der Waals surface area contributed by atoms with Gasteiger partial charge in [-0.3, -0.25) is 14.5 Å². The Bertz CT molecular complexity index is 1000. The number of aromatic nitrogens is 3. The maximum atomic E-state index is 12.7. The van der Waals surface area contributed by atoms with Gasteiger partial charge in [0.25, 0.3) is 0 Å². The molecule has 0 bridgehead atoms. The summed E-state index contributed by atoms with van der Waals surface area (Å²) in [4.78, 5) is 16.0. The number of fused-ring (bicyclic) bond motifs is 1. The highest BCUT2D eigenvalue weighted by molar-refractivity contribution is 7.71. The largest absolute Gasteiger partial charge is 0.338 e. The topological polar surface area (TPSA) is 53.9 Å². The third-order valence-corrected chi connectivity index (χ3v) is 6.08. The van der Waals surface area contributed by atoms with Crippen LogP contribution in [0.4, 0.5) is 0 Å². The van der Waals surface area contributed by atoms with Gasteiger partial charge in [-0.1, -0.05) is 23.8 Å². The molecule has 0 spiro atoms. The van der Waals surface area contributed by atoms with Gasteiger partial charge in [0.05, 0.1) is 0 Å². The van der Waals surface area contributed by atoms with Crippen LogP contribution in [0.25, 0.3) is 11.4 Å². The molecule has 1 aromatic carbocycles. The molecule has 1 aliphatic rings. The minimum Gasteiger partial charge on any atom is -0.338 e. The summed E-state index contributed by atoms with van der Waals surface area (Å²) in [7, 11) is 0. The summed E-state index contributed by atoms with van der Waals surface area (Å²) in [5, 5.41) is 9.33. The summed E-state index contributed by atoms with van der Waals surface area (Å²) in [5.41, 5.74) is 3.46. The highest BCUT2D eigenvalue weighted by Gasteiger charge is 2.21. The zero-order valence-corrected chi connectivity index (χ0v) is 16.2. The van der Waals surface area contributed by atoms with E-state index in [9.17, 15) is 4.79 Å². The summed E-state index contributed by atoms with van der Waals surface area (Å²) in [5.74, 6) is 0.949. The van der Waals surface area contributed by atoms with E-state index in [1.807, 2.05) is 34.6 Å². The van der Waals surface area contributed by atoms with Gasteiger partial charge in [0, 0.05) is 36.5 Å². The van der Waals surface area contributed by atoms with E-state index in [1.54, 1.807) is 11.3 Å². The molecule has 0 fully saturated rings. The Labute approximate surface area is 161 Å². The zero-order chi connectivity index (χ0) is 18.1. The normalized spacial score (nSPS) is 13.7. The summed E-state index contributed by atoms with van der Waals surface area (Å²) < 4.78 is 2.47. The van der Waals surface area contributed by atoms with Crippen molar-refractivity contribution < 1.29 is 4.79 Å². The first kappa shape index (κ1) is 17.2. The number of aryl methyl sites for hydroxylation is 1. The fourth-order valence-electron chi connectivity index (χ4n) is 3.36. The van der Waals surface area contributed by atoms with Crippen molar-refractivity contribution in [3.63, 3.8) is 0 Å². The average Bonchev–Trinajstić information content (AvgIpc) is 3.25. The van der Waals surface area contributed by atoms with Crippen molar-refractivity contribution in [3.8, 4) is 11.4 Å². The number of benzene rings is 1. The van der Waals surface area contributed by atoms with Crippen molar-refractivity contribution in [2.45, 2.75) is 32.9 Å². The average molecular weight is 385 g/mol. The molecule has 1 N–H and O–H groups in total. The molecule has 0 saturated heterocycles. The van der Waals surface area contributed by atoms with Crippen molar-refractivity contribution in [2.75, 3.05) is 6.54 Å². The van der Waals surface area contributed by atoms with Crippen LogP contribution in [0.1, 0.15) is 22.4 Å². The number of H-pyrrole nitrogens is 1. The molecule has 0 aliphatic carbocycles. The first-order chi connectivity index (χ1) is 12.6. The SMILES string of the molecule is Cc1cccc(-c2n[nH]c(=S)n2CCC(=O)N2CCc3sccc3C2)c1. The van der Waals surface area contributed by atoms with E-state index in [1.165, 1.54) is 16.0 Å². The van der Waals surface area contributed by atoms with E-state index in [4.69, 9.17) is 12.2 Å². The molecule has 0 saturated carbocycles. The molecule has 1 amide bonds. The maximum Gasteiger partial charge on any atom is 0.224 e. The number of nitrogens with one attached hydrogen (secondary N) is 1. The zero-order valence-electron chi connectivity index (χ0n) is 14.6. The maximum absolute atomic E-state index is 12.7. The number of nitrogens with zero attached hydrogens (tertiary/aromatic N) is 3. The number of hydrogen-bond donors (Lipinski definition) is 1. The third kappa shape index (κ3) is 3.37. The fraction of sp³-hybridized carbons (Fsp3) is 0.316. The molecule has 26 heavy (non-hydrogen) atoms. The second kappa shape index (κ2) is 7.17. The van der Waals surface area contributed by atoms with E-state index in [0.29, 0.717) is 17.7 Å². The fourth-order valence-corrected chi connectivity index (χ4v) is 4.47. The van der Waals surface area contributed by atoms with Gasteiger partial charge in [0.1, 0.15) is 0 Å². The van der Waals surface area contributed by atoms with Gasteiger partial charge >= 0.3 is 0 Å². The first-order valence-corrected chi connectivity index (χ1v) is 9.96. The monoisotopic (exact) mass is 384 g/mol. The van der Waals surface area contributed by atoms with Gasteiger partial charge in [-0.2, -0.15) is 5.10 Å². The van der Waals surface area contributed by atoms with Gasteiger partial charge in [0.2, 0.25) is 5.91 Å². The summed E-state index contributed by atoms with van der Waals surface area (Å²) in [6.07, 6.45) is 1.38. The predicted octanol–water partition coefficient (Wildman–Crippen LogP) is 3.95. The van der Waals surface area contributed by atoms with Crippen LogP contribution in [0.15, 0.2) is 35.7 Å². The number of carbonyl (C=O) groups is 1. The number of amides is 1. The van der Waals surface area contributed by atoms with Crippen LogP contribution in [-0.2, 0) is 24.3 Å². The minimum absolute atomic E-state index is 0.167. The molecule has 1 aliphatic heterocycles. The van der Waals surface area contributed by atoms with Crippen LogP contribution < -0.4 is 0 Å².